The van der Waals surface area contributed by atoms with E-state index < -0.39 is 0 Å². The molecule has 4 heteroatoms. The molecule has 0 fully saturated rings. The van der Waals surface area contributed by atoms with Crippen molar-refractivity contribution in [3.8, 4) is 11.5 Å². The van der Waals surface area contributed by atoms with Crippen LogP contribution in [0.15, 0.2) is 12.1 Å². The smallest absolute Gasteiger partial charge is 0.189 e. The summed E-state index contributed by atoms with van der Waals surface area (Å²) < 4.78 is 16.0. The average Bonchev–Trinajstić information content (AvgIpc) is 2.30. The lowest BCUT2D eigenvalue weighted by Crippen LogP contribution is -2.15. The summed E-state index contributed by atoms with van der Waals surface area (Å²) in [6.45, 7) is 1.48. The second-order valence-corrected chi connectivity index (χ2v) is 3.37. The van der Waals surface area contributed by atoms with Gasteiger partial charge in [-0.05, 0) is 25.1 Å². The molecule has 2 rings (SSSR count). The summed E-state index contributed by atoms with van der Waals surface area (Å²) in [5, 5.41) is 0. The van der Waals surface area contributed by atoms with Crippen molar-refractivity contribution in [3.63, 3.8) is 0 Å². The molecule has 1 heterocycles. The van der Waals surface area contributed by atoms with E-state index in [1.54, 1.807) is 7.11 Å². The summed E-state index contributed by atoms with van der Waals surface area (Å²) in [5.74, 6) is 1.74. The van der Waals surface area contributed by atoms with Crippen molar-refractivity contribution >= 4 is 0 Å². The maximum Gasteiger partial charge on any atom is 0.189 e. The summed E-state index contributed by atoms with van der Waals surface area (Å²) in [4.78, 5) is 0. The number of benzene rings is 1. The van der Waals surface area contributed by atoms with Gasteiger partial charge in [-0.15, -0.1) is 0 Å². The third-order valence-corrected chi connectivity index (χ3v) is 2.50. The Hall–Kier alpha value is -1.26. The van der Waals surface area contributed by atoms with Crippen molar-refractivity contribution in [2.75, 3.05) is 20.4 Å². The SMILES string of the molecule is COc1ccc2c(c1CCN)COCO2. The molecule has 0 saturated heterocycles. The number of hydrogen-bond donors (Lipinski definition) is 1. The highest BCUT2D eigenvalue weighted by Crippen LogP contribution is 2.33. The van der Waals surface area contributed by atoms with E-state index in [0.29, 0.717) is 19.9 Å². The largest absolute Gasteiger partial charge is 0.496 e. The van der Waals surface area contributed by atoms with Crippen LogP contribution in [0.3, 0.4) is 0 Å². The lowest BCUT2D eigenvalue weighted by Gasteiger charge is -2.22. The first kappa shape index (κ1) is 10.3. The molecule has 0 amide bonds. The van der Waals surface area contributed by atoms with Crippen LogP contribution < -0.4 is 15.2 Å². The zero-order valence-corrected chi connectivity index (χ0v) is 8.79. The van der Waals surface area contributed by atoms with Crippen molar-refractivity contribution < 1.29 is 14.2 Å². The average molecular weight is 209 g/mol. The normalized spacial score (nSPS) is 14.3. The highest BCUT2D eigenvalue weighted by molar-refractivity contribution is 5.49. The number of hydrogen-bond acceptors (Lipinski definition) is 4. The van der Waals surface area contributed by atoms with Crippen LogP contribution in [0.2, 0.25) is 0 Å². The first-order chi connectivity index (χ1) is 7.36. The van der Waals surface area contributed by atoms with Gasteiger partial charge in [-0.2, -0.15) is 0 Å². The number of methoxy groups -OCH3 is 1. The van der Waals surface area contributed by atoms with Gasteiger partial charge in [0.2, 0.25) is 0 Å². The summed E-state index contributed by atoms with van der Waals surface area (Å²) in [5.41, 5.74) is 7.74. The van der Waals surface area contributed by atoms with Crippen molar-refractivity contribution in [2.24, 2.45) is 5.73 Å². The standard InChI is InChI=1S/C11H15NO3/c1-13-10-2-3-11-9(6-14-7-15-11)8(10)4-5-12/h2-3H,4-7,12H2,1H3. The first-order valence-electron chi connectivity index (χ1n) is 4.96. The Labute approximate surface area is 88.9 Å². The maximum atomic E-state index is 5.58. The molecule has 0 aliphatic carbocycles. The van der Waals surface area contributed by atoms with E-state index in [4.69, 9.17) is 19.9 Å². The molecular formula is C11H15NO3. The predicted molar refractivity (Wildman–Crippen MR) is 56.0 cm³/mol. The van der Waals surface area contributed by atoms with Crippen LogP contribution in [-0.2, 0) is 17.8 Å². The predicted octanol–water partition coefficient (Wildman–Crippen LogP) is 1.06. The fourth-order valence-corrected chi connectivity index (χ4v) is 1.80. The first-order valence-corrected chi connectivity index (χ1v) is 4.96. The molecule has 1 aliphatic rings. The zero-order valence-electron chi connectivity index (χ0n) is 8.79. The molecule has 1 aliphatic heterocycles. The molecule has 1 aromatic rings. The molecule has 0 radical (unpaired) electrons. The Morgan fingerprint density at radius 2 is 2.33 bits per heavy atom. The Kier molecular flexibility index (Phi) is 3.08. The van der Waals surface area contributed by atoms with Crippen molar-refractivity contribution in [1.82, 2.24) is 0 Å². The second-order valence-electron chi connectivity index (χ2n) is 3.37. The molecule has 15 heavy (non-hydrogen) atoms. The van der Waals surface area contributed by atoms with E-state index in [2.05, 4.69) is 0 Å². The molecule has 0 spiro atoms. The lowest BCUT2D eigenvalue weighted by atomic mass is 10.0. The minimum absolute atomic E-state index is 0.321. The Morgan fingerprint density at radius 3 is 3.07 bits per heavy atom. The zero-order chi connectivity index (χ0) is 10.7. The molecule has 0 atom stereocenters. The van der Waals surface area contributed by atoms with Gasteiger partial charge in [-0.3, -0.25) is 0 Å². The number of nitrogens with two attached hydrogens (primary N) is 1. The van der Waals surface area contributed by atoms with Gasteiger partial charge >= 0.3 is 0 Å². The van der Waals surface area contributed by atoms with Crippen LogP contribution in [0.25, 0.3) is 0 Å². The van der Waals surface area contributed by atoms with Crippen LogP contribution in [0.5, 0.6) is 11.5 Å². The van der Waals surface area contributed by atoms with Crippen LogP contribution in [-0.4, -0.2) is 20.4 Å². The van der Waals surface area contributed by atoms with Gasteiger partial charge in [-0.25, -0.2) is 0 Å². The summed E-state index contributed by atoms with van der Waals surface area (Å²) in [6.07, 6.45) is 0.777. The van der Waals surface area contributed by atoms with E-state index in [9.17, 15) is 0 Å². The summed E-state index contributed by atoms with van der Waals surface area (Å²) in [7, 11) is 1.66. The van der Waals surface area contributed by atoms with E-state index >= 15 is 0 Å². The molecule has 0 saturated carbocycles. The molecule has 0 unspecified atom stereocenters. The number of fused-ring (bicyclic) bond motifs is 1. The van der Waals surface area contributed by atoms with Gasteiger partial charge in [-0.1, -0.05) is 0 Å². The van der Waals surface area contributed by atoms with Crippen LogP contribution in [0.1, 0.15) is 11.1 Å². The number of rotatable bonds is 3. The lowest BCUT2D eigenvalue weighted by molar-refractivity contribution is -0.0169. The molecule has 2 N–H and O–H groups in total. The molecule has 82 valence electrons. The third kappa shape index (κ3) is 1.91. The topological polar surface area (TPSA) is 53.7 Å². The van der Waals surface area contributed by atoms with Crippen LogP contribution >= 0.6 is 0 Å². The molecule has 1 aromatic carbocycles. The maximum absolute atomic E-state index is 5.58. The monoisotopic (exact) mass is 209 g/mol. The van der Waals surface area contributed by atoms with Gasteiger partial charge < -0.3 is 19.9 Å². The van der Waals surface area contributed by atoms with Gasteiger partial charge in [0.25, 0.3) is 0 Å². The highest BCUT2D eigenvalue weighted by Gasteiger charge is 2.17. The molecule has 4 nitrogen and oxygen atoms in total. The molecule has 0 aromatic heterocycles. The van der Waals surface area contributed by atoms with Crippen molar-refractivity contribution in [3.05, 3.63) is 23.3 Å². The van der Waals surface area contributed by atoms with E-state index in [1.807, 2.05) is 12.1 Å². The Bertz CT molecular complexity index is 352. The Morgan fingerprint density at radius 1 is 1.47 bits per heavy atom. The minimum Gasteiger partial charge on any atom is -0.496 e. The van der Waals surface area contributed by atoms with Crippen LogP contribution in [0.4, 0.5) is 0 Å². The van der Waals surface area contributed by atoms with Gasteiger partial charge in [0, 0.05) is 11.1 Å². The van der Waals surface area contributed by atoms with Gasteiger partial charge in [0.15, 0.2) is 6.79 Å². The summed E-state index contributed by atoms with van der Waals surface area (Å²) >= 11 is 0. The minimum atomic E-state index is 0.321. The van der Waals surface area contributed by atoms with Gasteiger partial charge in [0.05, 0.1) is 13.7 Å². The molecule has 0 bridgehead atoms. The second kappa shape index (κ2) is 4.51. The highest BCUT2D eigenvalue weighted by atomic mass is 16.7. The third-order valence-electron chi connectivity index (χ3n) is 2.50. The molecular weight excluding hydrogens is 194 g/mol. The van der Waals surface area contributed by atoms with Crippen molar-refractivity contribution in [2.45, 2.75) is 13.0 Å². The fraction of sp³-hybridized carbons (Fsp3) is 0.455. The van der Waals surface area contributed by atoms with E-state index in [1.165, 1.54) is 0 Å². The van der Waals surface area contributed by atoms with E-state index in [0.717, 1.165) is 29.0 Å². The quantitative estimate of drug-likeness (QED) is 0.808. The van der Waals surface area contributed by atoms with Crippen molar-refractivity contribution in [1.29, 1.82) is 0 Å². The van der Waals surface area contributed by atoms with Gasteiger partial charge in [0.1, 0.15) is 11.5 Å². The Balaban J connectivity index is 2.44. The van der Waals surface area contributed by atoms with E-state index in [-0.39, 0.29) is 0 Å². The summed E-state index contributed by atoms with van der Waals surface area (Å²) in [6, 6.07) is 3.83. The fourth-order valence-electron chi connectivity index (χ4n) is 1.80. The van der Waals surface area contributed by atoms with Crippen LogP contribution in [0, 0.1) is 0 Å². The number of ether oxygens (including phenoxy) is 3.